The van der Waals surface area contributed by atoms with Gasteiger partial charge in [-0.05, 0) is 13.5 Å². The fourth-order valence-electron chi connectivity index (χ4n) is 1.20. The number of aliphatic hydroxyl groups is 1. The lowest BCUT2D eigenvalue weighted by molar-refractivity contribution is 0.120. The molecule has 0 aromatic heterocycles. The van der Waals surface area contributed by atoms with E-state index in [2.05, 4.69) is 0 Å². The van der Waals surface area contributed by atoms with E-state index in [0.29, 0.717) is 13.1 Å². The van der Waals surface area contributed by atoms with Crippen molar-refractivity contribution in [2.45, 2.75) is 25.9 Å². The van der Waals surface area contributed by atoms with Crippen molar-refractivity contribution in [3.63, 3.8) is 0 Å². The number of nitrogens with zero attached hydrogens (tertiary/aromatic N) is 1. The third kappa shape index (κ3) is 8.47. The first-order chi connectivity index (χ1) is 6.35. The SMILES string of the molecule is CCCC(O)CN(C)CCS(C)(=O)=O. The van der Waals surface area contributed by atoms with Crippen molar-refractivity contribution in [1.82, 2.24) is 4.90 Å². The highest BCUT2D eigenvalue weighted by atomic mass is 32.2. The Labute approximate surface area is 86.8 Å². The number of hydrogen-bond acceptors (Lipinski definition) is 4. The van der Waals surface area contributed by atoms with Gasteiger partial charge in [0.05, 0.1) is 11.9 Å². The van der Waals surface area contributed by atoms with E-state index in [4.69, 9.17) is 0 Å². The van der Waals surface area contributed by atoms with Crippen molar-refractivity contribution in [2.75, 3.05) is 32.1 Å². The smallest absolute Gasteiger partial charge is 0.148 e. The van der Waals surface area contributed by atoms with Gasteiger partial charge in [-0.25, -0.2) is 8.42 Å². The summed E-state index contributed by atoms with van der Waals surface area (Å²) in [6.07, 6.45) is 2.60. The minimum Gasteiger partial charge on any atom is -0.392 e. The molecule has 0 fully saturated rings. The molecular formula is C9H21NO3S. The van der Waals surface area contributed by atoms with Crippen LogP contribution >= 0.6 is 0 Å². The third-order valence-electron chi connectivity index (χ3n) is 1.99. The molecule has 0 amide bonds. The zero-order chi connectivity index (χ0) is 11.2. The minimum absolute atomic E-state index is 0.155. The monoisotopic (exact) mass is 223 g/mol. The zero-order valence-electron chi connectivity index (χ0n) is 9.23. The topological polar surface area (TPSA) is 57.6 Å². The van der Waals surface area contributed by atoms with Gasteiger partial charge in [0.1, 0.15) is 9.84 Å². The molecule has 86 valence electrons. The van der Waals surface area contributed by atoms with Crippen LogP contribution in [0.1, 0.15) is 19.8 Å². The van der Waals surface area contributed by atoms with Crippen LogP contribution in [0.15, 0.2) is 0 Å². The molecule has 0 bridgehead atoms. The van der Waals surface area contributed by atoms with Crippen LogP contribution in [0.4, 0.5) is 0 Å². The molecule has 1 unspecified atom stereocenters. The molecule has 0 heterocycles. The Hall–Kier alpha value is -0.130. The lowest BCUT2D eigenvalue weighted by Gasteiger charge is -2.19. The molecule has 0 saturated carbocycles. The van der Waals surface area contributed by atoms with Gasteiger partial charge in [-0.15, -0.1) is 0 Å². The van der Waals surface area contributed by atoms with E-state index in [1.54, 1.807) is 0 Å². The molecule has 14 heavy (non-hydrogen) atoms. The molecule has 5 heteroatoms. The van der Waals surface area contributed by atoms with Crippen molar-refractivity contribution >= 4 is 9.84 Å². The Balaban J connectivity index is 3.70. The molecule has 0 rings (SSSR count). The molecule has 0 saturated heterocycles. The second-order valence-electron chi connectivity index (χ2n) is 3.83. The molecular weight excluding hydrogens is 202 g/mol. The van der Waals surface area contributed by atoms with Gasteiger partial charge in [-0.2, -0.15) is 0 Å². The third-order valence-corrected chi connectivity index (χ3v) is 2.91. The quantitative estimate of drug-likeness (QED) is 0.666. The fraction of sp³-hybridized carbons (Fsp3) is 1.00. The van der Waals surface area contributed by atoms with E-state index in [1.807, 2.05) is 18.9 Å². The van der Waals surface area contributed by atoms with Crippen LogP contribution in [0.2, 0.25) is 0 Å². The van der Waals surface area contributed by atoms with Gasteiger partial charge in [0.2, 0.25) is 0 Å². The summed E-state index contributed by atoms with van der Waals surface area (Å²) >= 11 is 0. The maximum atomic E-state index is 10.9. The van der Waals surface area contributed by atoms with Crippen molar-refractivity contribution in [3.05, 3.63) is 0 Å². The van der Waals surface area contributed by atoms with Gasteiger partial charge in [0.15, 0.2) is 0 Å². The minimum atomic E-state index is -2.89. The van der Waals surface area contributed by atoms with Crippen LogP contribution < -0.4 is 0 Å². The summed E-state index contributed by atoms with van der Waals surface area (Å²) in [5, 5.41) is 9.46. The lowest BCUT2D eigenvalue weighted by Crippen LogP contribution is -2.32. The maximum Gasteiger partial charge on any atom is 0.148 e. The summed E-state index contributed by atoms with van der Waals surface area (Å²) in [6, 6.07) is 0. The van der Waals surface area contributed by atoms with Crippen LogP contribution in [0, 0.1) is 0 Å². The van der Waals surface area contributed by atoms with Gasteiger partial charge >= 0.3 is 0 Å². The lowest BCUT2D eigenvalue weighted by atomic mass is 10.2. The summed E-state index contributed by atoms with van der Waals surface area (Å²) < 4.78 is 21.7. The summed E-state index contributed by atoms with van der Waals surface area (Å²) in [7, 11) is -1.07. The highest BCUT2D eigenvalue weighted by molar-refractivity contribution is 7.90. The van der Waals surface area contributed by atoms with E-state index < -0.39 is 9.84 Å². The number of sulfone groups is 1. The Morgan fingerprint density at radius 3 is 2.43 bits per heavy atom. The van der Waals surface area contributed by atoms with Crippen LogP contribution in [0.3, 0.4) is 0 Å². The summed E-state index contributed by atoms with van der Waals surface area (Å²) in [6.45, 7) is 3.04. The molecule has 1 N–H and O–H groups in total. The first-order valence-electron chi connectivity index (χ1n) is 4.89. The largest absolute Gasteiger partial charge is 0.392 e. The van der Waals surface area contributed by atoms with Crippen LogP contribution in [-0.4, -0.2) is 56.7 Å². The maximum absolute atomic E-state index is 10.9. The second kappa shape index (κ2) is 6.37. The van der Waals surface area contributed by atoms with Crippen molar-refractivity contribution in [2.24, 2.45) is 0 Å². The molecule has 0 aliphatic rings. The molecule has 0 aromatic rings. The van der Waals surface area contributed by atoms with Gasteiger partial charge < -0.3 is 10.0 Å². The van der Waals surface area contributed by atoms with E-state index in [-0.39, 0.29) is 11.9 Å². The highest BCUT2D eigenvalue weighted by Gasteiger charge is 2.09. The van der Waals surface area contributed by atoms with Crippen molar-refractivity contribution in [1.29, 1.82) is 0 Å². The first kappa shape index (κ1) is 13.9. The van der Waals surface area contributed by atoms with Gasteiger partial charge in [0, 0.05) is 19.3 Å². The van der Waals surface area contributed by atoms with Crippen molar-refractivity contribution < 1.29 is 13.5 Å². The average Bonchev–Trinajstić information content (AvgIpc) is 2.00. The van der Waals surface area contributed by atoms with Gasteiger partial charge in [-0.1, -0.05) is 13.3 Å². The highest BCUT2D eigenvalue weighted by Crippen LogP contribution is 1.98. The van der Waals surface area contributed by atoms with Crippen LogP contribution in [0.25, 0.3) is 0 Å². The van der Waals surface area contributed by atoms with E-state index in [0.717, 1.165) is 12.8 Å². The van der Waals surface area contributed by atoms with Crippen molar-refractivity contribution in [3.8, 4) is 0 Å². The molecule has 0 aliphatic carbocycles. The Kier molecular flexibility index (Phi) is 6.31. The number of likely N-dealkylation sites (N-methyl/N-ethyl adjacent to an activating group) is 1. The van der Waals surface area contributed by atoms with Crippen LogP contribution in [-0.2, 0) is 9.84 Å². The van der Waals surface area contributed by atoms with Gasteiger partial charge in [-0.3, -0.25) is 0 Å². The van der Waals surface area contributed by atoms with E-state index in [9.17, 15) is 13.5 Å². The normalized spacial score (nSPS) is 14.6. The van der Waals surface area contributed by atoms with E-state index >= 15 is 0 Å². The number of hydrogen-bond donors (Lipinski definition) is 1. The summed E-state index contributed by atoms with van der Waals surface area (Å²) in [5.74, 6) is 0.155. The second-order valence-corrected chi connectivity index (χ2v) is 6.09. The molecule has 0 spiro atoms. The average molecular weight is 223 g/mol. The predicted octanol–water partition coefficient (Wildman–Crippen LogP) is 0.124. The van der Waals surface area contributed by atoms with E-state index in [1.165, 1.54) is 6.26 Å². The number of rotatable bonds is 7. The van der Waals surface area contributed by atoms with Gasteiger partial charge in [0.25, 0.3) is 0 Å². The molecule has 1 atom stereocenters. The zero-order valence-corrected chi connectivity index (χ0v) is 10.0. The molecule has 4 nitrogen and oxygen atoms in total. The Bertz CT molecular complexity index is 238. The first-order valence-corrected chi connectivity index (χ1v) is 6.95. The number of aliphatic hydroxyl groups excluding tert-OH is 1. The van der Waals surface area contributed by atoms with Crippen LogP contribution in [0.5, 0.6) is 0 Å². The fourth-order valence-corrected chi connectivity index (χ4v) is 1.84. The standard InChI is InChI=1S/C9H21NO3S/c1-4-5-9(11)8-10(2)6-7-14(3,12)13/h9,11H,4-8H2,1-3H3. The molecule has 0 radical (unpaired) electrons. The summed E-state index contributed by atoms with van der Waals surface area (Å²) in [5.41, 5.74) is 0. The predicted molar refractivity (Wildman–Crippen MR) is 58.1 cm³/mol. The molecule has 0 aromatic carbocycles. The Morgan fingerprint density at radius 2 is 2.00 bits per heavy atom. The Morgan fingerprint density at radius 1 is 1.43 bits per heavy atom. The molecule has 0 aliphatic heterocycles. The summed E-state index contributed by atoms with van der Waals surface area (Å²) in [4.78, 5) is 1.85.